The standard InChI is InChI=1S/C8H16FN/c1-3-4-8-5-7(9)6-10(8)2/h7-8H,3-6H2,1-2H3/t7?,8-/m1/s1. The summed E-state index contributed by atoms with van der Waals surface area (Å²) in [7, 11) is 2.01. The molecule has 0 aromatic heterocycles. The van der Waals surface area contributed by atoms with Gasteiger partial charge in [-0.2, -0.15) is 0 Å². The lowest BCUT2D eigenvalue weighted by Crippen LogP contribution is -2.24. The van der Waals surface area contributed by atoms with Crippen molar-refractivity contribution in [1.82, 2.24) is 4.90 Å². The molecule has 1 nitrogen and oxygen atoms in total. The third kappa shape index (κ3) is 1.69. The predicted molar refractivity (Wildman–Crippen MR) is 40.8 cm³/mol. The second-order valence-electron chi connectivity index (χ2n) is 3.22. The van der Waals surface area contributed by atoms with Crippen LogP contribution in [0.25, 0.3) is 0 Å². The van der Waals surface area contributed by atoms with E-state index in [2.05, 4.69) is 11.8 Å². The van der Waals surface area contributed by atoms with Crippen LogP contribution < -0.4 is 0 Å². The monoisotopic (exact) mass is 145 g/mol. The van der Waals surface area contributed by atoms with Crippen LogP contribution in [0.5, 0.6) is 0 Å². The molecule has 0 saturated carbocycles. The van der Waals surface area contributed by atoms with Crippen LogP contribution in [0, 0.1) is 0 Å². The minimum atomic E-state index is -0.568. The van der Waals surface area contributed by atoms with Gasteiger partial charge in [0.2, 0.25) is 0 Å². The van der Waals surface area contributed by atoms with Gasteiger partial charge in [-0.05, 0) is 19.9 Å². The van der Waals surface area contributed by atoms with Gasteiger partial charge in [-0.3, -0.25) is 0 Å². The van der Waals surface area contributed by atoms with Gasteiger partial charge in [0.15, 0.2) is 0 Å². The molecule has 10 heavy (non-hydrogen) atoms. The number of rotatable bonds is 2. The minimum Gasteiger partial charge on any atom is -0.300 e. The van der Waals surface area contributed by atoms with E-state index in [9.17, 15) is 4.39 Å². The molecule has 0 bridgehead atoms. The van der Waals surface area contributed by atoms with Crippen molar-refractivity contribution in [1.29, 1.82) is 0 Å². The fraction of sp³-hybridized carbons (Fsp3) is 1.00. The first kappa shape index (κ1) is 7.99. The van der Waals surface area contributed by atoms with Gasteiger partial charge in [-0.1, -0.05) is 13.3 Å². The molecule has 1 aliphatic rings. The number of halogens is 1. The van der Waals surface area contributed by atoms with Crippen molar-refractivity contribution in [3.8, 4) is 0 Å². The molecule has 2 heteroatoms. The molecule has 1 fully saturated rings. The molecule has 0 amide bonds. The maximum atomic E-state index is 12.7. The van der Waals surface area contributed by atoms with Crippen LogP contribution in [-0.4, -0.2) is 30.7 Å². The molecule has 1 aliphatic heterocycles. The third-order valence-corrected chi connectivity index (χ3v) is 2.26. The first-order valence-electron chi connectivity index (χ1n) is 4.08. The molecule has 1 heterocycles. The topological polar surface area (TPSA) is 3.24 Å². The number of likely N-dealkylation sites (tertiary alicyclic amines) is 1. The Morgan fingerprint density at radius 3 is 2.70 bits per heavy atom. The van der Waals surface area contributed by atoms with Gasteiger partial charge in [0.25, 0.3) is 0 Å². The lowest BCUT2D eigenvalue weighted by atomic mass is 10.1. The second kappa shape index (κ2) is 3.33. The van der Waals surface area contributed by atoms with Crippen LogP contribution in [0.2, 0.25) is 0 Å². The van der Waals surface area contributed by atoms with E-state index in [-0.39, 0.29) is 0 Å². The molecule has 0 spiro atoms. The summed E-state index contributed by atoms with van der Waals surface area (Å²) in [5.41, 5.74) is 0. The first-order chi connectivity index (χ1) is 4.74. The van der Waals surface area contributed by atoms with Crippen molar-refractivity contribution in [2.45, 2.75) is 38.4 Å². The largest absolute Gasteiger partial charge is 0.300 e. The molecule has 0 N–H and O–H groups in total. The molecular formula is C8H16FN. The molecule has 0 aromatic carbocycles. The Balaban J connectivity index is 2.31. The summed E-state index contributed by atoms with van der Waals surface area (Å²) in [6.45, 7) is 2.80. The predicted octanol–water partition coefficient (Wildman–Crippen LogP) is 1.83. The molecule has 60 valence electrons. The SMILES string of the molecule is CCC[C@@H]1CC(F)CN1C. The summed E-state index contributed by atoms with van der Waals surface area (Å²) in [6, 6.07) is 0.514. The maximum absolute atomic E-state index is 12.7. The van der Waals surface area contributed by atoms with E-state index in [4.69, 9.17) is 0 Å². The van der Waals surface area contributed by atoms with E-state index < -0.39 is 6.17 Å². The molecule has 1 unspecified atom stereocenters. The van der Waals surface area contributed by atoms with E-state index in [0.29, 0.717) is 12.6 Å². The molecule has 1 saturated heterocycles. The van der Waals surface area contributed by atoms with Crippen molar-refractivity contribution in [2.75, 3.05) is 13.6 Å². The Kier molecular flexibility index (Phi) is 2.66. The van der Waals surface area contributed by atoms with Crippen LogP contribution in [-0.2, 0) is 0 Å². The van der Waals surface area contributed by atoms with Gasteiger partial charge in [0.1, 0.15) is 6.17 Å². The average molecular weight is 145 g/mol. The van der Waals surface area contributed by atoms with Crippen molar-refractivity contribution in [3.63, 3.8) is 0 Å². The van der Waals surface area contributed by atoms with Gasteiger partial charge < -0.3 is 4.90 Å². The summed E-state index contributed by atoms with van der Waals surface area (Å²) >= 11 is 0. The Hall–Kier alpha value is -0.110. The highest BCUT2D eigenvalue weighted by Gasteiger charge is 2.27. The van der Waals surface area contributed by atoms with E-state index in [1.165, 1.54) is 6.42 Å². The van der Waals surface area contributed by atoms with Crippen LogP contribution in [0.15, 0.2) is 0 Å². The summed E-state index contributed by atoms with van der Waals surface area (Å²) < 4.78 is 12.7. The second-order valence-corrected chi connectivity index (χ2v) is 3.22. The van der Waals surface area contributed by atoms with E-state index in [1.807, 2.05) is 7.05 Å². The number of alkyl halides is 1. The molecule has 0 aliphatic carbocycles. The van der Waals surface area contributed by atoms with Gasteiger partial charge in [-0.15, -0.1) is 0 Å². The van der Waals surface area contributed by atoms with Crippen molar-refractivity contribution < 1.29 is 4.39 Å². The maximum Gasteiger partial charge on any atom is 0.114 e. The highest BCUT2D eigenvalue weighted by Crippen LogP contribution is 2.21. The van der Waals surface area contributed by atoms with Gasteiger partial charge >= 0.3 is 0 Å². The smallest absolute Gasteiger partial charge is 0.114 e. The zero-order valence-electron chi connectivity index (χ0n) is 6.81. The quantitative estimate of drug-likeness (QED) is 0.573. The van der Waals surface area contributed by atoms with Crippen molar-refractivity contribution >= 4 is 0 Å². The van der Waals surface area contributed by atoms with Crippen molar-refractivity contribution in [3.05, 3.63) is 0 Å². The fourth-order valence-corrected chi connectivity index (χ4v) is 1.68. The average Bonchev–Trinajstić information content (AvgIpc) is 2.13. The third-order valence-electron chi connectivity index (χ3n) is 2.26. The van der Waals surface area contributed by atoms with Gasteiger partial charge in [0, 0.05) is 12.6 Å². The summed E-state index contributed by atoms with van der Waals surface area (Å²) in [5, 5.41) is 0. The normalized spacial score (nSPS) is 35.1. The van der Waals surface area contributed by atoms with Crippen LogP contribution in [0.3, 0.4) is 0 Å². The lowest BCUT2D eigenvalue weighted by molar-refractivity contribution is 0.284. The fourth-order valence-electron chi connectivity index (χ4n) is 1.68. The number of hydrogen-bond acceptors (Lipinski definition) is 1. The number of nitrogens with zero attached hydrogens (tertiary/aromatic N) is 1. The van der Waals surface area contributed by atoms with E-state index >= 15 is 0 Å². The van der Waals surface area contributed by atoms with Crippen LogP contribution in [0.1, 0.15) is 26.2 Å². The zero-order chi connectivity index (χ0) is 7.56. The lowest BCUT2D eigenvalue weighted by Gasteiger charge is -2.17. The van der Waals surface area contributed by atoms with E-state index in [1.54, 1.807) is 0 Å². The van der Waals surface area contributed by atoms with Gasteiger partial charge in [0.05, 0.1) is 0 Å². The highest BCUT2D eigenvalue weighted by atomic mass is 19.1. The van der Waals surface area contributed by atoms with Gasteiger partial charge in [-0.25, -0.2) is 4.39 Å². The van der Waals surface area contributed by atoms with Crippen molar-refractivity contribution in [2.24, 2.45) is 0 Å². The summed E-state index contributed by atoms with van der Waals surface area (Å²) in [6.07, 6.45) is 2.50. The van der Waals surface area contributed by atoms with Crippen LogP contribution in [0.4, 0.5) is 4.39 Å². The highest BCUT2D eigenvalue weighted by molar-refractivity contribution is 4.82. The molecule has 2 atom stereocenters. The Bertz CT molecular complexity index is 105. The molecule has 0 aromatic rings. The minimum absolute atomic E-state index is 0.514. The molecule has 1 rings (SSSR count). The Morgan fingerprint density at radius 2 is 2.30 bits per heavy atom. The first-order valence-corrected chi connectivity index (χ1v) is 4.08. The summed E-state index contributed by atoms with van der Waals surface area (Å²) in [5.74, 6) is 0. The Labute approximate surface area is 62.2 Å². The molecular weight excluding hydrogens is 129 g/mol. The zero-order valence-corrected chi connectivity index (χ0v) is 6.81. The molecule has 0 radical (unpaired) electrons. The number of hydrogen-bond donors (Lipinski definition) is 0. The Morgan fingerprint density at radius 1 is 1.60 bits per heavy atom. The van der Waals surface area contributed by atoms with Crippen LogP contribution >= 0.6 is 0 Å². The van der Waals surface area contributed by atoms with E-state index in [0.717, 1.165) is 12.8 Å². The summed E-state index contributed by atoms with van der Waals surface area (Å²) in [4.78, 5) is 2.13.